The largest absolute Gasteiger partial charge is 0.355 e. The highest BCUT2D eigenvalue weighted by atomic mass is 32.2. The molecule has 0 N–H and O–H groups in total. The number of pyridine rings is 1. The molecule has 0 bridgehead atoms. The summed E-state index contributed by atoms with van der Waals surface area (Å²) in [6.07, 6.45) is 9.72. The molecular weight excluding hydrogens is 734 g/mol. The maximum absolute atomic E-state index is 15.9. The molecule has 2 fully saturated rings. The Hall–Kier alpha value is -4.72. The fourth-order valence-electron chi connectivity index (χ4n) is 9.00. The third kappa shape index (κ3) is 7.45. The summed E-state index contributed by atoms with van der Waals surface area (Å²) in [5.41, 5.74) is 8.42. The molecule has 0 amide bonds. The highest BCUT2D eigenvalue weighted by molar-refractivity contribution is 7.96. The molecule has 0 spiro atoms. The normalized spacial score (nSPS) is 17.8. The van der Waals surface area contributed by atoms with Gasteiger partial charge in [-0.3, -0.25) is 4.31 Å². The average Bonchev–Trinajstić information content (AvgIpc) is 3.92. The molecule has 2 saturated heterocycles. The Bertz CT molecular complexity index is 2420. The van der Waals surface area contributed by atoms with Crippen LogP contribution in [0.3, 0.4) is 0 Å². The molecule has 0 radical (unpaired) electrons. The molecule has 57 heavy (non-hydrogen) atoms. The number of anilines is 2. The van der Waals surface area contributed by atoms with Crippen LogP contribution in [-0.2, 0) is 20.0 Å². The maximum atomic E-state index is 15.9. The van der Waals surface area contributed by atoms with Gasteiger partial charge in [-0.15, -0.1) is 6.58 Å². The van der Waals surface area contributed by atoms with Gasteiger partial charge in [0.1, 0.15) is 29.0 Å². The van der Waals surface area contributed by atoms with E-state index in [1.54, 1.807) is 22.7 Å². The third-order valence-electron chi connectivity index (χ3n) is 12.0. The predicted octanol–water partition coefficient (Wildman–Crippen LogP) is 7.60. The van der Waals surface area contributed by atoms with Gasteiger partial charge in [-0.1, -0.05) is 30.2 Å². The van der Waals surface area contributed by atoms with Crippen molar-refractivity contribution in [1.82, 2.24) is 43.3 Å². The number of nitrogens with zero attached hydrogens (tertiary/aromatic N) is 11. The molecule has 300 valence electrons. The molecule has 0 aliphatic carbocycles. The third-order valence-corrected chi connectivity index (χ3v) is 12.8. The van der Waals surface area contributed by atoms with E-state index in [-0.39, 0.29) is 17.9 Å². The van der Waals surface area contributed by atoms with Crippen molar-refractivity contribution in [3.8, 4) is 16.9 Å². The minimum absolute atomic E-state index is 0.0634. The van der Waals surface area contributed by atoms with Gasteiger partial charge < -0.3 is 19.3 Å². The van der Waals surface area contributed by atoms with Crippen LogP contribution in [0.25, 0.3) is 39.0 Å². The number of likely N-dealkylation sites (N-methyl/N-ethyl adjacent to an activating group) is 1. The van der Waals surface area contributed by atoms with E-state index in [4.69, 9.17) is 20.2 Å². The first-order chi connectivity index (χ1) is 27.4. The molecule has 2 aliphatic rings. The van der Waals surface area contributed by atoms with Crippen LogP contribution in [0.2, 0.25) is 0 Å². The van der Waals surface area contributed by atoms with Crippen molar-refractivity contribution in [2.45, 2.75) is 65.1 Å². The molecule has 2 aliphatic heterocycles. The molecule has 2 unspecified atom stereocenters. The highest BCUT2D eigenvalue weighted by Gasteiger charge is 2.37. The lowest BCUT2D eigenvalue weighted by atomic mass is 9.93. The van der Waals surface area contributed by atoms with Crippen LogP contribution in [0.5, 0.6) is 0 Å². The van der Waals surface area contributed by atoms with Crippen molar-refractivity contribution in [3.05, 3.63) is 89.6 Å². The standard InChI is InChI=1S/C44H56FN11S/c1-10-33-23-34(51(7)40-14-11-13-38(48-40)35-20-29(3)22-39-42(35)54(30(4)47-39)18-12-17-50(5)6)27-55(33)44-36-24-46-56(43(36)49-52(44)8)41-32(19-28(2)21-37(41)45)16-15-31-25-53(26-31)57-9/h10-11,13-14,19-22,24,31,33-34H,1,12,15-18,23,25-27H2,2-9H3. The molecule has 13 heteroatoms. The van der Waals surface area contributed by atoms with E-state index in [1.807, 2.05) is 30.9 Å². The smallest absolute Gasteiger partial charge is 0.186 e. The number of imidazole rings is 1. The van der Waals surface area contributed by atoms with Crippen LogP contribution >= 0.6 is 11.9 Å². The summed E-state index contributed by atoms with van der Waals surface area (Å²) in [6.45, 7) is 15.3. The van der Waals surface area contributed by atoms with E-state index >= 15 is 4.39 Å². The van der Waals surface area contributed by atoms with Crippen molar-refractivity contribution in [1.29, 1.82) is 0 Å². The zero-order chi connectivity index (χ0) is 40.1. The Morgan fingerprint density at radius 3 is 2.56 bits per heavy atom. The lowest BCUT2D eigenvalue weighted by Crippen LogP contribution is -2.41. The summed E-state index contributed by atoms with van der Waals surface area (Å²) >= 11 is 1.79. The summed E-state index contributed by atoms with van der Waals surface area (Å²) < 4.78 is 24.3. The van der Waals surface area contributed by atoms with E-state index in [0.29, 0.717) is 17.3 Å². The second-order valence-electron chi connectivity index (χ2n) is 16.4. The molecule has 4 aromatic heterocycles. The van der Waals surface area contributed by atoms with Gasteiger partial charge in [0.25, 0.3) is 0 Å². The van der Waals surface area contributed by atoms with Crippen LogP contribution < -0.4 is 9.80 Å². The first kappa shape index (κ1) is 39.1. The monoisotopic (exact) mass is 789 g/mol. The van der Waals surface area contributed by atoms with E-state index < -0.39 is 0 Å². The first-order valence-electron chi connectivity index (χ1n) is 20.1. The lowest BCUT2D eigenvalue weighted by molar-refractivity contribution is 0.208. The maximum Gasteiger partial charge on any atom is 0.186 e. The Kier molecular flexibility index (Phi) is 10.9. The second-order valence-corrected chi connectivity index (χ2v) is 17.3. The summed E-state index contributed by atoms with van der Waals surface area (Å²) in [5.74, 6) is 3.26. The first-order valence-corrected chi connectivity index (χ1v) is 21.3. The van der Waals surface area contributed by atoms with E-state index in [9.17, 15) is 0 Å². The van der Waals surface area contributed by atoms with Gasteiger partial charge in [-0.25, -0.2) is 23.7 Å². The van der Waals surface area contributed by atoms with Gasteiger partial charge in [0.2, 0.25) is 0 Å². The summed E-state index contributed by atoms with van der Waals surface area (Å²) in [4.78, 5) is 17.2. The zero-order valence-electron chi connectivity index (χ0n) is 34.7. The van der Waals surface area contributed by atoms with Gasteiger partial charge in [-0.2, -0.15) is 10.2 Å². The fraction of sp³-hybridized carbons (Fsp3) is 0.455. The van der Waals surface area contributed by atoms with Crippen LogP contribution in [-0.4, -0.2) is 109 Å². The van der Waals surface area contributed by atoms with Crippen molar-refractivity contribution in [3.63, 3.8) is 0 Å². The van der Waals surface area contributed by atoms with Gasteiger partial charge in [-0.05, 0) is 126 Å². The Morgan fingerprint density at radius 1 is 1.02 bits per heavy atom. The zero-order valence-corrected chi connectivity index (χ0v) is 35.5. The highest BCUT2D eigenvalue weighted by Crippen LogP contribution is 2.38. The minimum atomic E-state index is -0.265. The number of benzene rings is 2. The molecule has 0 saturated carbocycles. The fourth-order valence-corrected chi connectivity index (χ4v) is 9.72. The average molecular weight is 790 g/mol. The number of fused-ring (bicyclic) bond motifs is 2. The summed E-state index contributed by atoms with van der Waals surface area (Å²) in [6, 6.07) is 14.7. The number of aryl methyl sites for hydroxylation is 6. The molecule has 2 aromatic carbocycles. The van der Waals surface area contributed by atoms with Crippen molar-refractivity contribution >= 4 is 45.7 Å². The van der Waals surface area contributed by atoms with Crippen molar-refractivity contribution in [2.75, 3.05) is 63.4 Å². The van der Waals surface area contributed by atoms with Crippen molar-refractivity contribution in [2.24, 2.45) is 13.0 Å². The molecule has 6 aromatic rings. The van der Waals surface area contributed by atoms with Crippen LogP contribution in [0.1, 0.15) is 41.8 Å². The Morgan fingerprint density at radius 2 is 1.81 bits per heavy atom. The predicted molar refractivity (Wildman–Crippen MR) is 233 cm³/mol. The number of hydrogen-bond acceptors (Lipinski definition) is 9. The molecule has 6 heterocycles. The number of hydrogen-bond donors (Lipinski definition) is 0. The quantitative estimate of drug-likeness (QED) is 0.0820. The summed E-state index contributed by atoms with van der Waals surface area (Å²) in [7, 11) is 8.35. The minimum Gasteiger partial charge on any atom is -0.355 e. The molecule has 8 rings (SSSR count). The van der Waals surface area contributed by atoms with Crippen molar-refractivity contribution < 1.29 is 4.39 Å². The van der Waals surface area contributed by atoms with Gasteiger partial charge in [0.05, 0.1) is 34.4 Å². The van der Waals surface area contributed by atoms with Gasteiger partial charge >= 0.3 is 0 Å². The van der Waals surface area contributed by atoms with Gasteiger partial charge in [0, 0.05) is 51.9 Å². The molecular formula is C44H56FN11S. The molecule has 11 nitrogen and oxygen atoms in total. The summed E-state index contributed by atoms with van der Waals surface area (Å²) in [5, 5.41) is 10.7. The van der Waals surface area contributed by atoms with Crippen LogP contribution in [0, 0.1) is 32.5 Å². The Balaban J connectivity index is 1.07. The van der Waals surface area contributed by atoms with E-state index in [1.165, 1.54) is 5.56 Å². The number of rotatable bonds is 14. The lowest BCUT2D eigenvalue weighted by Gasteiger charge is -2.37. The topological polar surface area (TPSA) is 79.3 Å². The number of aromatic nitrogens is 7. The van der Waals surface area contributed by atoms with E-state index in [2.05, 4.69) is 108 Å². The Labute approximate surface area is 340 Å². The van der Waals surface area contributed by atoms with Gasteiger partial charge in [0.15, 0.2) is 5.65 Å². The number of halogens is 1. The second kappa shape index (κ2) is 15.9. The van der Waals surface area contributed by atoms with E-state index in [0.717, 1.165) is 115 Å². The van der Waals surface area contributed by atoms with Crippen LogP contribution in [0.4, 0.5) is 16.0 Å². The molecule has 2 atom stereocenters. The SMILES string of the molecule is C=CC1CC(N(C)c2cccc(-c3cc(C)cc4nc(C)n(CCCN(C)C)c34)n2)CN1c1c2cnn(-c3c(F)cc(C)cc3CCC3CN(SC)C3)c2nn1C. The van der Waals surface area contributed by atoms with Crippen LogP contribution in [0.15, 0.2) is 61.3 Å².